The Morgan fingerprint density at radius 2 is 1.84 bits per heavy atom. The molecule has 2 aromatic carbocycles. The van der Waals surface area contributed by atoms with Crippen LogP contribution in [0.3, 0.4) is 0 Å². The fourth-order valence-electron chi connectivity index (χ4n) is 1.49. The van der Waals surface area contributed by atoms with Crippen LogP contribution in [-0.2, 0) is 4.74 Å². The molecule has 0 bridgehead atoms. The normalized spacial score (nSPS) is 10.1. The number of carbonyl (C=O) groups excluding carboxylic acids is 1. The van der Waals surface area contributed by atoms with Gasteiger partial charge in [0.1, 0.15) is 17.1 Å². The molecule has 19 heavy (non-hydrogen) atoms. The molecular formula is C14H10BrClO3. The van der Waals surface area contributed by atoms with Gasteiger partial charge in [0.05, 0.1) is 7.11 Å². The van der Waals surface area contributed by atoms with Gasteiger partial charge in [-0.2, -0.15) is 0 Å². The first-order chi connectivity index (χ1) is 9.10. The summed E-state index contributed by atoms with van der Waals surface area (Å²) in [5.41, 5.74) is 0.362. The summed E-state index contributed by atoms with van der Waals surface area (Å²) < 4.78 is 11.2. The van der Waals surface area contributed by atoms with Crippen LogP contribution in [0.5, 0.6) is 11.5 Å². The number of ether oxygens (including phenoxy) is 2. The third kappa shape index (κ3) is 3.49. The lowest BCUT2D eigenvalue weighted by molar-refractivity contribution is 0.0598. The summed E-state index contributed by atoms with van der Waals surface area (Å²) in [6.45, 7) is 0. The van der Waals surface area contributed by atoms with E-state index in [1.165, 1.54) is 7.11 Å². The fourth-order valence-corrected chi connectivity index (χ4v) is 1.95. The highest BCUT2D eigenvalue weighted by atomic mass is 79.9. The zero-order valence-corrected chi connectivity index (χ0v) is 12.4. The van der Waals surface area contributed by atoms with E-state index < -0.39 is 5.97 Å². The summed E-state index contributed by atoms with van der Waals surface area (Å²) in [5.74, 6) is 0.563. The fraction of sp³-hybridized carbons (Fsp3) is 0.0714. The molecule has 2 aromatic rings. The molecule has 98 valence electrons. The molecule has 0 aliphatic carbocycles. The Morgan fingerprint density at radius 3 is 2.47 bits per heavy atom. The van der Waals surface area contributed by atoms with Crippen LogP contribution in [0.2, 0.25) is 5.02 Å². The Labute approximate surface area is 124 Å². The molecule has 0 atom stereocenters. The topological polar surface area (TPSA) is 35.5 Å². The Kier molecular flexibility index (Phi) is 4.45. The quantitative estimate of drug-likeness (QED) is 0.760. The van der Waals surface area contributed by atoms with Gasteiger partial charge < -0.3 is 9.47 Å². The zero-order chi connectivity index (χ0) is 13.8. The van der Waals surface area contributed by atoms with Gasteiger partial charge in [-0.3, -0.25) is 0 Å². The molecule has 0 saturated heterocycles. The average molecular weight is 342 g/mol. The van der Waals surface area contributed by atoms with Gasteiger partial charge in [0.25, 0.3) is 0 Å². The van der Waals surface area contributed by atoms with Crippen LogP contribution in [-0.4, -0.2) is 13.1 Å². The molecule has 0 N–H and O–H groups in total. The molecule has 3 nitrogen and oxygen atoms in total. The van der Waals surface area contributed by atoms with Crippen LogP contribution in [0.15, 0.2) is 46.9 Å². The summed E-state index contributed by atoms with van der Waals surface area (Å²) in [5, 5.41) is 0.620. The van der Waals surface area contributed by atoms with E-state index in [2.05, 4.69) is 15.9 Å². The van der Waals surface area contributed by atoms with E-state index in [4.69, 9.17) is 21.1 Å². The predicted octanol–water partition coefficient (Wildman–Crippen LogP) is 4.68. The maximum Gasteiger partial charge on any atom is 0.341 e. The van der Waals surface area contributed by atoms with E-state index in [0.29, 0.717) is 22.1 Å². The largest absolute Gasteiger partial charge is 0.465 e. The third-order valence-electron chi connectivity index (χ3n) is 2.39. The highest BCUT2D eigenvalue weighted by Gasteiger charge is 2.14. The van der Waals surface area contributed by atoms with E-state index in [9.17, 15) is 4.79 Å². The van der Waals surface area contributed by atoms with Gasteiger partial charge >= 0.3 is 5.97 Å². The molecule has 0 saturated carbocycles. The minimum absolute atomic E-state index is 0.362. The zero-order valence-electron chi connectivity index (χ0n) is 10.0. The minimum Gasteiger partial charge on any atom is -0.465 e. The first-order valence-electron chi connectivity index (χ1n) is 5.41. The molecule has 0 amide bonds. The maximum absolute atomic E-state index is 11.7. The summed E-state index contributed by atoms with van der Waals surface area (Å²) in [7, 11) is 1.33. The van der Waals surface area contributed by atoms with Crippen LogP contribution in [0.1, 0.15) is 10.4 Å². The Balaban J connectivity index is 2.35. The molecular weight excluding hydrogens is 332 g/mol. The smallest absolute Gasteiger partial charge is 0.341 e. The number of halogens is 2. The first kappa shape index (κ1) is 13.9. The van der Waals surface area contributed by atoms with Crippen molar-refractivity contribution in [2.24, 2.45) is 0 Å². The van der Waals surface area contributed by atoms with Crippen molar-refractivity contribution in [3.63, 3.8) is 0 Å². The molecule has 0 radical (unpaired) electrons. The Morgan fingerprint density at radius 1 is 1.16 bits per heavy atom. The Hall–Kier alpha value is -1.52. The van der Waals surface area contributed by atoms with Gasteiger partial charge in [0.15, 0.2) is 0 Å². The van der Waals surface area contributed by atoms with Crippen molar-refractivity contribution >= 4 is 33.5 Å². The van der Waals surface area contributed by atoms with Crippen molar-refractivity contribution in [1.29, 1.82) is 0 Å². The number of methoxy groups -OCH3 is 1. The summed E-state index contributed by atoms with van der Waals surface area (Å²) >= 11 is 9.15. The average Bonchev–Trinajstić information content (AvgIpc) is 2.41. The standard InChI is InChI=1S/C14H10BrClO3/c1-18-14(17)12-7-2-9(15)8-13(12)19-11-5-3-10(16)4-6-11/h2-8H,1H3. The molecule has 0 spiro atoms. The van der Waals surface area contributed by atoms with Crippen molar-refractivity contribution < 1.29 is 14.3 Å². The summed E-state index contributed by atoms with van der Waals surface area (Å²) in [4.78, 5) is 11.7. The van der Waals surface area contributed by atoms with Crippen molar-refractivity contribution in [3.8, 4) is 11.5 Å². The molecule has 0 aliphatic rings. The van der Waals surface area contributed by atoms with Crippen LogP contribution in [0, 0.1) is 0 Å². The Bertz CT molecular complexity index is 596. The minimum atomic E-state index is -0.448. The molecule has 2 rings (SSSR count). The molecule has 0 heterocycles. The van der Waals surface area contributed by atoms with Crippen molar-refractivity contribution in [1.82, 2.24) is 0 Å². The van der Waals surface area contributed by atoms with E-state index in [0.717, 1.165) is 4.47 Å². The van der Waals surface area contributed by atoms with Gasteiger partial charge in [-0.25, -0.2) is 4.79 Å². The molecule has 0 aliphatic heterocycles. The number of esters is 1. The second-order valence-electron chi connectivity index (χ2n) is 3.69. The van der Waals surface area contributed by atoms with Gasteiger partial charge in [-0.1, -0.05) is 27.5 Å². The van der Waals surface area contributed by atoms with E-state index in [1.807, 2.05) is 0 Å². The lowest BCUT2D eigenvalue weighted by Crippen LogP contribution is -2.03. The third-order valence-corrected chi connectivity index (χ3v) is 3.14. The van der Waals surface area contributed by atoms with Crippen LogP contribution >= 0.6 is 27.5 Å². The second-order valence-corrected chi connectivity index (χ2v) is 5.04. The monoisotopic (exact) mass is 340 g/mol. The van der Waals surface area contributed by atoms with Crippen molar-refractivity contribution in [3.05, 3.63) is 57.5 Å². The maximum atomic E-state index is 11.7. The van der Waals surface area contributed by atoms with Gasteiger partial charge in [-0.15, -0.1) is 0 Å². The van der Waals surface area contributed by atoms with E-state index >= 15 is 0 Å². The number of hydrogen-bond donors (Lipinski definition) is 0. The number of rotatable bonds is 3. The van der Waals surface area contributed by atoms with Crippen molar-refractivity contribution in [2.45, 2.75) is 0 Å². The van der Waals surface area contributed by atoms with Gasteiger partial charge in [0, 0.05) is 9.50 Å². The number of benzene rings is 2. The lowest BCUT2D eigenvalue weighted by atomic mass is 10.2. The summed E-state index contributed by atoms with van der Waals surface area (Å²) in [6.07, 6.45) is 0. The van der Waals surface area contributed by atoms with Gasteiger partial charge in [-0.05, 0) is 42.5 Å². The molecule has 0 unspecified atom stereocenters. The first-order valence-corrected chi connectivity index (χ1v) is 6.58. The van der Waals surface area contributed by atoms with E-state index in [1.54, 1.807) is 42.5 Å². The highest BCUT2D eigenvalue weighted by molar-refractivity contribution is 9.10. The SMILES string of the molecule is COC(=O)c1ccc(Br)cc1Oc1ccc(Cl)cc1. The molecule has 5 heteroatoms. The number of carbonyl (C=O) groups is 1. The summed E-state index contributed by atoms with van der Waals surface area (Å²) in [6, 6.07) is 12.0. The number of hydrogen-bond acceptors (Lipinski definition) is 3. The highest BCUT2D eigenvalue weighted by Crippen LogP contribution is 2.29. The van der Waals surface area contributed by atoms with Crippen LogP contribution in [0.25, 0.3) is 0 Å². The molecule has 0 fully saturated rings. The van der Waals surface area contributed by atoms with E-state index in [-0.39, 0.29) is 0 Å². The lowest BCUT2D eigenvalue weighted by Gasteiger charge is -2.10. The van der Waals surface area contributed by atoms with Crippen molar-refractivity contribution in [2.75, 3.05) is 7.11 Å². The van der Waals surface area contributed by atoms with Crippen LogP contribution < -0.4 is 4.74 Å². The molecule has 0 aromatic heterocycles. The van der Waals surface area contributed by atoms with Gasteiger partial charge in [0.2, 0.25) is 0 Å². The second kappa shape index (κ2) is 6.08. The van der Waals surface area contributed by atoms with Crippen LogP contribution in [0.4, 0.5) is 0 Å². The predicted molar refractivity (Wildman–Crippen MR) is 77.0 cm³/mol.